The first-order valence-corrected chi connectivity index (χ1v) is 13.4. The molecule has 2 saturated carbocycles. The van der Waals surface area contributed by atoms with Crippen LogP contribution in [-0.2, 0) is 10.0 Å². The second kappa shape index (κ2) is 9.85. The summed E-state index contributed by atoms with van der Waals surface area (Å²) in [6, 6.07) is 13.2. The second-order valence-corrected chi connectivity index (χ2v) is 11.7. The molecule has 2 aliphatic carbocycles. The van der Waals surface area contributed by atoms with Crippen molar-refractivity contribution in [1.29, 1.82) is 0 Å². The minimum absolute atomic E-state index is 0.0721. The first-order chi connectivity index (χ1) is 15.7. The lowest BCUT2D eigenvalue weighted by atomic mass is 9.84. The molecule has 0 unspecified atom stereocenters. The molecular weight excluding hydrogens is 436 g/mol. The normalized spacial score (nSPS) is 23.0. The molecule has 4 rings (SSSR count). The lowest BCUT2D eigenvalue weighted by molar-refractivity contribution is 0.102. The van der Waals surface area contributed by atoms with E-state index in [0.29, 0.717) is 35.6 Å². The molecule has 0 saturated heterocycles. The number of fused-ring (bicyclic) bond motifs is 2. The van der Waals surface area contributed by atoms with E-state index in [1.54, 1.807) is 36.4 Å². The van der Waals surface area contributed by atoms with Crippen LogP contribution in [0.4, 0.5) is 5.69 Å². The number of rotatable bonds is 9. The molecule has 2 fully saturated rings. The Morgan fingerprint density at radius 2 is 1.70 bits per heavy atom. The number of nitrogens with one attached hydrogen (secondary N) is 2. The molecular formula is C26H34N2O4S. The molecule has 2 aromatic rings. The maximum atomic E-state index is 12.9. The van der Waals surface area contributed by atoms with Gasteiger partial charge in [-0.15, -0.1) is 0 Å². The van der Waals surface area contributed by atoms with Gasteiger partial charge in [0.2, 0.25) is 10.0 Å². The van der Waals surface area contributed by atoms with Crippen LogP contribution >= 0.6 is 0 Å². The SMILES string of the molecule is CC(C)COc1ccc(C(=O)Nc2ccc(S(=O)(=O)N[C@H](C)[C@H]3C[C@H]4CC[C@H]3C4)cc2)cc1. The van der Waals surface area contributed by atoms with Gasteiger partial charge in [-0.2, -0.15) is 0 Å². The van der Waals surface area contributed by atoms with Gasteiger partial charge in [0.1, 0.15) is 5.75 Å². The predicted molar refractivity (Wildman–Crippen MR) is 130 cm³/mol. The molecule has 0 aromatic heterocycles. The quantitative estimate of drug-likeness (QED) is 0.535. The monoisotopic (exact) mass is 470 g/mol. The topological polar surface area (TPSA) is 84.5 Å². The van der Waals surface area contributed by atoms with E-state index in [1.165, 1.54) is 31.4 Å². The molecule has 2 aromatic carbocycles. The Kier molecular flexibility index (Phi) is 7.10. The average molecular weight is 471 g/mol. The van der Waals surface area contributed by atoms with Gasteiger partial charge in [-0.3, -0.25) is 4.79 Å². The maximum absolute atomic E-state index is 12.9. The lowest BCUT2D eigenvalue weighted by Gasteiger charge is -2.28. The van der Waals surface area contributed by atoms with Gasteiger partial charge in [0.25, 0.3) is 5.91 Å². The number of anilines is 1. The van der Waals surface area contributed by atoms with Crippen LogP contribution in [0.3, 0.4) is 0 Å². The smallest absolute Gasteiger partial charge is 0.255 e. The van der Waals surface area contributed by atoms with Crippen LogP contribution in [-0.4, -0.2) is 27.0 Å². The number of carbonyl (C=O) groups excluding carboxylic acids is 1. The van der Waals surface area contributed by atoms with E-state index in [4.69, 9.17) is 4.74 Å². The van der Waals surface area contributed by atoms with Crippen molar-refractivity contribution in [2.45, 2.75) is 57.4 Å². The summed E-state index contributed by atoms with van der Waals surface area (Å²) in [7, 11) is -3.60. The van der Waals surface area contributed by atoms with Gasteiger partial charge in [0.15, 0.2) is 0 Å². The zero-order valence-corrected chi connectivity index (χ0v) is 20.4. The Morgan fingerprint density at radius 3 is 2.27 bits per heavy atom. The van der Waals surface area contributed by atoms with E-state index in [-0.39, 0.29) is 16.8 Å². The van der Waals surface area contributed by atoms with Crippen LogP contribution in [0.5, 0.6) is 5.75 Å². The van der Waals surface area contributed by atoms with E-state index in [1.807, 2.05) is 6.92 Å². The molecule has 33 heavy (non-hydrogen) atoms. The summed E-state index contributed by atoms with van der Waals surface area (Å²) in [5.74, 6) is 2.75. The summed E-state index contributed by atoms with van der Waals surface area (Å²) in [6.45, 7) is 6.76. The fourth-order valence-electron chi connectivity index (χ4n) is 5.19. The Balaban J connectivity index is 1.34. The molecule has 2 bridgehead atoms. The van der Waals surface area contributed by atoms with Crippen molar-refractivity contribution in [1.82, 2.24) is 4.72 Å². The first-order valence-electron chi connectivity index (χ1n) is 11.9. The third-order valence-corrected chi connectivity index (χ3v) is 8.47. The van der Waals surface area contributed by atoms with Crippen molar-refractivity contribution in [2.24, 2.45) is 23.7 Å². The number of amides is 1. The number of benzene rings is 2. The summed E-state index contributed by atoms with van der Waals surface area (Å²) in [5.41, 5.74) is 1.05. The molecule has 178 valence electrons. The standard InChI is InChI=1S/C26H34N2O4S/c1-17(2)16-32-23-10-6-20(7-11-23)26(29)27-22-8-12-24(13-9-22)33(30,31)28-18(3)25-15-19-4-5-21(25)14-19/h6-13,17-19,21,25,28H,4-5,14-16H2,1-3H3,(H,27,29)/t18-,19+,21+,25-/m1/s1. The third-order valence-electron chi connectivity index (χ3n) is 6.90. The number of sulfonamides is 1. The van der Waals surface area contributed by atoms with Gasteiger partial charge in [-0.05, 0) is 98.4 Å². The highest BCUT2D eigenvalue weighted by molar-refractivity contribution is 7.89. The van der Waals surface area contributed by atoms with Gasteiger partial charge in [-0.25, -0.2) is 13.1 Å². The van der Waals surface area contributed by atoms with Crippen molar-refractivity contribution >= 4 is 21.6 Å². The van der Waals surface area contributed by atoms with Crippen molar-refractivity contribution in [3.63, 3.8) is 0 Å². The van der Waals surface area contributed by atoms with Gasteiger partial charge in [0.05, 0.1) is 11.5 Å². The Labute approximate surface area is 197 Å². The molecule has 7 heteroatoms. The zero-order chi connectivity index (χ0) is 23.6. The van der Waals surface area contributed by atoms with E-state index in [2.05, 4.69) is 23.9 Å². The molecule has 0 aliphatic heterocycles. The predicted octanol–water partition coefficient (Wildman–Crippen LogP) is 5.08. The van der Waals surface area contributed by atoms with E-state index in [9.17, 15) is 13.2 Å². The molecule has 4 atom stereocenters. The summed E-state index contributed by atoms with van der Waals surface area (Å²) in [6.07, 6.45) is 4.90. The van der Waals surface area contributed by atoms with Crippen LogP contribution in [0.1, 0.15) is 56.8 Å². The van der Waals surface area contributed by atoms with Gasteiger partial charge in [0, 0.05) is 17.3 Å². The molecule has 2 N–H and O–H groups in total. The summed E-state index contributed by atoms with van der Waals surface area (Å²) < 4.78 is 34.3. The van der Waals surface area contributed by atoms with Crippen molar-refractivity contribution in [2.75, 3.05) is 11.9 Å². The van der Waals surface area contributed by atoms with Gasteiger partial charge < -0.3 is 10.1 Å². The third kappa shape index (κ3) is 5.76. The molecule has 0 heterocycles. The fourth-order valence-corrected chi connectivity index (χ4v) is 6.49. The largest absolute Gasteiger partial charge is 0.493 e. The van der Waals surface area contributed by atoms with Gasteiger partial charge >= 0.3 is 0 Å². The highest BCUT2D eigenvalue weighted by Crippen LogP contribution is 2.49. The van der Waals surface area contributed by atoms with Crippen molar-refractivity contribution in [3.05, 3.63) is 54.1 Å². The minimum atomic E-state index is -3.60. The Bertz CT molecular complexity index is 1060. The number of ether oxygens (including phenoxy) is 1. The Hall–Kier alpha value is -2.38. The van der Waals surface area contributed by atoms with Crippen LogP contribution in [0, 0.1) is 23.7 Å². The molecule has 0 spiro atoms. The molecule has 6 nitrogen and oxygen atoms in total. The maximum Gasteiger partial charge on any atom is 0.255 e. The van der Waals surface area contributed by atoms with Gasteiger partial charge in [-0.1, -0.05) is 20.3 Å². The number of hydrogen-bond acceptors (Lipinski definition) is 4. The first kappa shape index (κ1) is 23.8. The zero-order valence-electron chi connectivity index (χ0n) is 19.6. The van der Waals surface area contributed by atoms with Crippen LogP contribution in [0.25, 0.3) is 0 Å². The van der Waals surface area contributed by atoms with Crippen molar-refractivity contribution < 1.29 is 17.9 Å². The molecule has 1 amide bonds. The summed E-state index contributed by atoms with van der Waals surface area (Å²) in [5, 5.41) is 2.82. The number of hydrogen-bond donors (Lipinski definition) is 2. The Morgan fingerprint density at radius 1 is 1.00 bits per heavy atom. The lowest BCUT2D eigenvalue weighted by Crippen LogP contribution is -2.40. The minimum Gasteiger partial charge on any atom is -0.493 e. The highest BCUT2D eigenvalue weighted by Gasteiger charge is 2.42. The van der Waals surface area contributed by atoms with E-state index in [0.717, 1.165) is 18.1 Å². The van der Waals surface area contributed by atoms with E-state index < -0.39 is 10.0 Å². The van der Waals surface area contributed by atoms with E-state index >= 15 is 0 Å². The summed E-state index contributed by atoms with van der Waals surface area (Å²) >= 11 is 0. The van der Waals surface area contributed by atoms with Crippen LogP contribution in [0.2, 0.25) is 0 Å². The van der Waals surface area contributed by atoms with Crippen LogP contribution < -0.4 is 14.8 Å². The molecule has 2 aliphatic rings. The average Bonchev–Trinajstić information content (AvgIpc) is 3.42. The highest BCUT2D eigenvalue weighted by atomic mass is 32.2. The van der Waals surface area contributed by atoms with Crippen molar-refractivity contribution in [3.8, 4) is 5.75 Å². The fraction of sp³-hybridized carbons (Fsp3) is 0.500. The second-order valence-electron chi connectivity index (χ2n) is 9.96. The van der Waals surface area contributed by atoms with Crippen LogP contribution in [0.15, 0.2) is 53.4 Å². The number of carbonyl (C=O) groups is 1. The molecule has 0 radical (unpaired) electrons. The summed E-state index contributed by atoms with van der Waals surface area (Å²) in [4.78, 5) is 12.8.